The van der Waals surface area contributed by atoms with E-state index >= 15 is 0 Å². The number of rotatable bonds is 3. The molecule has 1 unspecified atom stereocenters. The van der Waals surface area contributed by atoms with Gasteiger partial charge in [0.2, 0.25) is 0 Å². The summed E-state index contributed by atoms with van der Waals surface area (Å²) >= 11 is 7.01. The van der Waals surface area contributed by atoms with Gasteiger partial charge in [0.15, 0.2) is 0 Å². The summed E-state index contributed by atoms with van der Waals surface area (Å²) in [5.41, 5.74) is 1.20. The van der Waals surface area contributed by atoms with Crippen LogP contribution in [0.4, 0.5) is 0 Å². The van der Waals surface area contributed by atoms with E-state index in [9.17, 15) is 8.42 Å². The first kappa shape index (κ1) is 17.3. The molecule has 1 aromatic carbocycles. The minimum Gasteiger partial charge on any atom is -0.493 e. The van der Waals surface area contributed by atoms with Crippen molar-refractivity contribution in [2.75, 3.05) is 32.8 Å². The Morgan fingerprint density at radius 2 is 1.84 bits per heavy atom. The first-order valence-corrected chi connectivity index (χ1v) is 10.9. The van der Waals surface area contributed by atoms with Gasteiger partial charge in [-0.1, -0.05) is 29.8 Å². The van der Waals surface area contributed by atoms with Crippen molar-refractivity contribution in [2.45, 2.75) is 16.7 Å². The molecule has 0 aliphatic carbocycles. The molecule has 0 spiro atoms. The Kier molecular flexibility index (Phi) is 4.77. The third-order valence-corrected chi connectivity index (χ3v) is 8.38. The SMILES string of the molecule is O=S(=O)(c1ccc(Cl)s1)N1CCN(C2CCOc3ccccc32)CC1. The van der Waals surface area contributed by atoms with Crippen molar-refractivity contribution in [1.29, 1.82) is 0 Å². The van der Waals surface area contributed by atoms with Crippen LogP contribution < -0.4 is 4.74 Å². The number of para-hydroxylation sites is 1. The Morgan fingerprint density at radius 1 is 1.08 bits per heavy atom. The normalized spacial score (nSPS) is 22.4. The van der Waals surface area contributed by atoms with Crippen LogP contribution in [0, 0.1) is 0 Å². The van der Waals surface area contributed by atoms with Gasteiger partial charge in [0, 0.05) is 44.2 Å². The predicted molar refractivity (Wildman–Crippen MR) is 99.0 cm³/mol. The van der Waals surface area contributed by atoms with E-state index in [1.54, 1.807) is 16.4 Å². The van der Waals surface area contributed by atoms with Crippen molar-refractivity contribution in [1.82, 2.24) is 9.21 Å². The third-order valence-electron chi connectivity index (χ3n) is 4.78. The van der Waals surface area contributed by atoms with Gasteiger partial charge < -0.3 is 4.74 Å². The average Bonchev–Trinajstić information content (AvgIpc) is 3.09. The van der Waals surface area contributed by atoms with Crippen molar-refractivity contribution in [3.05, 3.63) is 46.3 Å². The molecule has 1 aromatic heterocycles. The Balaban J connectivity index is 1.47. The maximum absolute atomic E-state index is 12.7. The molecule has 0 saturated carbocycles. The van der Waals surface area contributed by atoms with E-state index in [-0.39, 0.29) is 0 Å². The largest absolute Gasteiger partial charge is 0.493 e. The first-order chi connectivity index (χ1) is 12.1. The van der Waals surface area contributed by atoms with Crippen LogP contribution in [-0.4, -0.2) is 50.4 Å². The van der Waals surface area contributed by atoms with E-state index < -0.39 is 10.0 Å². The summed E-state index contributed by atoms with van der Waals surface area (Å²) in [6.45, 7) is 3.14. The molecule has 5 nitrogen and oxygen atoms in total. The van der Waals surface area contributed by atoms with E-state index in [0.29, 0.717) is 34.3 Å². The number of sulfonamides is 1. The van der Waals surface area contributed by atoms with Gasteiger partial charge in [0.25, 0.3) is 10.0 Å². The molecule has 2 aliphatic heterocycles. The molecule has 25 heavy (non-hydrogen) atoms. The number of thiophene rings is 1. The van der Waals surface area contributed by atoms with Crippen LogP contribution >= 0.6 is 22.9 Å². The van der Waals surface area contributed by atoms with Gasteiger partial charge in [-0.05, 0) is 18.2 Å². The summed E-state index contributed by atoms with van der Waals surface area (Å²) in [4.78, 5) is 2.37. The molecule has 2 aliphatic rings. The van der Waals surface area contributed by atoms with Crippen LogP contribution in [0.1, 0.15) is 18.0 Å². The topological polar surface area (TPSA) is 49.9 Å². The van der Waals surface area contributed by atoms with E-state index in [4.69, 9.17) is 16.3 Å². The smallest absolute Gasteiger partial charge is 0.252 e. The fraction of sp³-hybridized carbons (Fsp3) is 0.412. The van der Waals surface area contributed by atoms with Crippen molar-refractivity contribution < 1.29 is 13.2 Å². The van der Waals surface area contributed by atoms with Gasteiger partial charge >= 0.3 is 0 Å². The second-order valence-corrected chi connectivity index (χ2v) is 10.1. The second-order valence-electron chi connectivity index (χ2n) is 6.19. The molecule has 4 rings (SSSR count). The summed E-state index contributed by atoms with van der Waals surface area (Å²) in [6, 6.07) is 11.6. The Morgan fingerprint density at radius 3 is 2.56 bits per heavy atom. The van der Waals surface area contributed by atoms with Crippen LogP contribution in [0.25, 0.3) is 0 Å². The van der Waals surface area contributed by atoms with Gasteiger partial charge in [0.1, 0.15) is 9.96 Å². The first-order valence-electron chi connectivity index (χ1n) is 8.27. The van der Waals surface area contributed by atoms with E-state index in [1.165, 1.54) is 5.56 Å². The highest BCUT2D eigenvalue weighted by Gasteiger charge is 2.34. The fourth-order valence-corrected chi connectivity index (χ4v) is 6.58. The predicted octanol–water partition coefficient (Wildman–Crippen LogP) is 3.23. The number of ether oxygens (including phenoxy) is 1. The minimum atomic E-state index is -3.44. The quantitative estimate of drug-likeness (QED) is 0.796. The van der Waals surface area contributed by atoms with Crippen molar-refractivity contribution in [3.63, 3.8) is 0 Å². The van der Waals surface area contributed by atoms with Crippen LogP contribution in [0.5, 0.6) is 5.75 Å². The molecular weight excluding hydrogens is 380 g/mol. The molecule has 2 aromatic rings. The Bertz CT molecular complexity index is 860. The fourth-order valence-electron chi connectivity index (χ4n) is 3.52. The average molecular weight is 399 g/mol. The van der Waals surface area contributed by atoms with Gasteiger partial charge in [-0.15, -0.1) is 11.3 Å². The summed E-state index contributed by atoms with van der Waals surface area (Å²) < 4.78 is 33.6. The molecule has 134 valence electrons. The van der Waals surface area contributed by atoms with Crippen LogP contribution in [0.2, 0.25) is 4.34 Å². The number of hydrogen-bond donors (Lipinski definition) is 0. The lowest BCUT2D eigenvalue weighted by atomic mass is 9.98. The summed E-state index contributed by atoms with van der Waals surface area (Å²) in [7, 11) is -3.44. The maximum atomic E-state index is 12.7. The molecule has 0 bridgehead atoms. The number of fused-ring (bicyclic) bond motifs is 1. The lowest BCUT2D eigenvalue weighted by molar-refractivity contribution is 0.103. The van der Waals surface area contributed by atoms with Crippen LogP contribution in [-0.2, 0) is 10.0 Å². The Labute approximate surface area is 156 Å². The third kappa shape index (κ3) is 3.31. The lowest BCUT2D eigenvalue weighted by Crippen LogP contribution is -2.50. The number of hydrogen-bond acceptors (Lipinski definition) is 5. The van der Waals surface area contributed by atoms with Gasteiger partial charge in [-0.2, -0.15) is 4.31 Å². The highest BCUT2D eigenvalue weighted by molar-refractivity contribution is 7.91. The highest BCUT2D eigenvalue weighted by atomic mass is 35.5. The standard InChI is InChI=1S/C17H19ClN2O3S2/c18-16-5-6-17(24-16)25(21,22)20-10-8-19(9-11-20)14-7-12-23-15-4-2-1-3-13(14)15/h1-6,14H,7-12H2. The zero-order chi connectivity index (χ0) is 17.4. The molecule has 8 heteroatoms. The molecule has 1 fully saturated rings. The highest BCUT2D eigenvalue weighted by Crippen LogP contribution is 2.36. The van der Waals surface area contributed by atoms with Gasteiger partial charge in [0.05, 0.1) is 10.9 Å². The molecule has 0 N–H and O–H groups in total. The van der Waals surface area contributed by atoms with Crippen molar-refractivity contribution in [3.8, 4) is 5.75 Å². The lowest BCUT2D eigenvalue weighted by Gasteiger charge is -2.40. The minimum absolute atomic E-state index is 0.297. The number of piperazine rings is 1. The van der Waals surface area contributed by atoms with Crippen LogP contribution in [0.15, 0.2) is 40.6 Å². The van der Waals surface area contributed by atoms with Gasteiger partial charge in [-0.25, -0.2) is 8.42 Å². The zero-order valence-electron chi connectivity index (χ0n) is 13.6. The van der Waals surface area contributed by atoms with E-state index in [0.717, 1.165) is 36.6 Å². The van der Waals surface area contributed by atoms with E-state index in [1.807, 2.05) is 18.2 Å². The molecule has 1 atom stereocenters. The van der Waals surface area contributed by atoms with Crippen LogP contribution in [0.3, 0.4) is 0 Å². The molecule has 1 saturated heterocycles. The second kappa shape index (κ2) is 6.89. The zero-order valence-corrected chi connectivity index (χ0v) is 16.0. The van der Waals surface area contributed by atoms with Crippen molar-refractivity contribution >= 4 is 33.0 Å². The molecular formula is C17H19ClN2O3S2. The number of nitrogens with zero attached hydrogens (tertiary/aromatic N) is 2. The Hall–Kier alpha value is -1.12. The monoisotopic (exact) mass is 398 g/mol. The summed E-state index contributed by atoms with van der Waals surface area (Å²) in [6.07, 6.45) is 0.935. The molecule has 3 heterocycles. The van der Waals surface area contributed by atoms with E-state index in [2.05, 4.69) is 11.0 Å². The number of halogens is 1. The molecule has 0 amide bonds. The number of benzene rings is 1. The van der Waals surface area contributed by atoms with Gasteiger partial charge in [-0.3, -0.25) is 4.90 Å². The van der Waals surface area contributed by atoms with Crippen molar-refractivity contribution in [2.24, 2.45) is 0 Å². The summed E-state index contributed by atoms with van der Waals surface area (Å²) in [5, 5.41) is 0. The molecule has 0 radical (unpaired) electrons. The summed E-state index contributed by atoms with van der Waals surface area (Å²) in [5.74, 6) is 0.946. The maximum Gasteiger partial charge on any atom is 0.252 e.